The van der Waals surface area contributed by atoms with E-state index >= 15 is 0 Å². The van der Waals surface area contributed by atoms with Crippen LogP contribution in [0.1, 0.15) is 19.4 Å². The highest BCUT2D eigenvalue weighted by molar-refractivity contribution is 5.73. The third-order valence-corrected chi connectivity index (χ3v) is 3.74. The fraction of sp³-hybridized carbons (Fsp3) is 0.267. The molecular formula is C15H15N3O2. The van der Waals surface area contributed by atoms with Crippen molar-refractivity contribution in [2.24, 2.45) is 0 Å². The Kier molecular flexibility index (Phi) is 2.71. The van der Waals surface area contributed by atoms with Gasteiger partial charge in [0, 0.05) is 47.9 Å². The van der Waals surface area contributed by atoms with Gasteiger partial charge in [0.2, 0.25) is 0 Å². The van der Waals surface area contributed by atoms with Gasteiger partial charge in [-0.1, -0.05) is 13.8 Å². The summed E-state index contributed by atoms with van der Waals surface area (Å²) in [5, 5.41) is 10.9. The molecule has 20 heavy (non-hydrogen) atoms. The summed E-state index contributed by atoms with van der Waals surface area (Å²) in [5.74, 6) is 0. The van der Waals surface area contributed by atoms with E-state index in [4.69, 9.17) is 0 Å². The van der Waals surface area contributed by atoms with Crippen molar-refractivity contribution >= 4 is 17.1 Å². The number of hydrogen-bond donors (Lipinski definition) is 0. The molecule has 0 saturated heterocycles. The van der Waals surface area contributed by atoms with E-state index in [-0.39, 0.29) is 16.0 Å². The van der Waals surface area contributed by atoms with Gasteiger partial charge in [-0.15, -0.1) is 0 Å². The number of rotatable bonds is 2. The summed E-state index contributed by atoms with van der Waals surface area (Å²) in [7, 11) is 0. The second-order valence-electron chi connectivity index (χ2n) is 5.63. The van der Waals surface area contributed by atoms with Crippen molar-refractivity contribution < 1.29 is 4.92 Å². The van der Waals surface area contributed by atoms with Crippen molar-refractivity contribution in [2.75, 3.05) is 11.4 Å². The minimum Gasteiger partial charge on any atom is -0.340 e. The number of non-ortho nitro benzene ring substituents is 1. The summed E-state index contributed by atoms with van der Waals surface area (Å²) >= 11 is 0. The Hall–Kier alpha value is -2.43. The first-order chi connectivity index (χ1) is 9.49. The minimum absolute atomic E-state index is 0.120. The van der Waals surface area contributed by atoms with Crippen molar-refractivity contribution in [1.82, 2.24) is 4.98 Å². The SMILES string of the molecule is CC1(C)CN(c2ccncc2)c2ccc([N+](=O)[O-])cc21. The second kappa shape index (κ2) is 4.30. The van der Waals surface area contributed by atoms with E-state index in [0.717, 1.165) is 23.5 Å². The maximum atomic E-state index is 10.9. The van der Waals surface area contributed by atoms with Crippen LogP contribution < -0.4 is 4.90 Å². The molecular weight excluding hydrogens is 254 g/mol. The van der Waals surface area contributed by atoms with Crippen LogP contribution in [0.5, 0.6) is 0 Å². The Bertz CT molecular complexity index is 668. The third kappa shape index (κ3) is 1.91. The third-order valence-electron chi connectivity index (χ3n) is 3.74. The van der Waals surface area contributed by atoms with Crippen molar-refractivity contribution in [3.63, 3.8) is 0 Å². The summed E-state index contributed by atoms with van der Waals surface area (Å²) in [6.45, 7) is 5.01. The smallest absolute Gasteiger partial charge is 0.269 e. The van der Waals surface area contributed by atoms with E-state index in [0.29, 0.717) is 0 Å². The number of hydrogen-bond acceptors (Lipinski definition) is 4. The van der Waals surface area contributed by atoms with Gasteiger partial charge in [-0.3, -0.25) is 15.1 Å². The normalized spacial score (nSPS) is 16.0. The van der Waals surface area contributed by atoms with Gasteiger partial charge in [-0.25, -0.2) is 0 Å². The standard InChI is InChI=1S/C15H15N3O2/c1-15(2)10-17(11-5-7-16-8-6-11)14-4-3-12(18(19)20)9-13(14)15/h3-9H,10H2,1-2H3. The highest BCUT2D eigenvalue weighted by atomic mass is 16.6. The molecule has 0 saturated carbocycles. The van der Waals surface area contributed by atoms with Gasteiger partial charge < -0.3 is 4.90 Å². The van der Waals surface area contributed by atoms with E-state index in [1.54, 1.807) is 24.5 Å². The van der Waals surface area contributed by atoms with E-state index in [9.17, 15) is 10.1 Å². The number of benzene rings is 1. The molecule has 1 aromatic carbocycles. The molecule has 1 aromatic heterocycles. The Labute approximate surface area is 117 Å². The molecule has 3 rings (SSSR count). The predicted molar refractivity (Wildman–Crippen MR) is 77.4 cm³/mol. The lowest BCUT2D eigenvalue weighted by molar-refractivity contribution is -0.384. The molecule has 5 nitrogen and oxygen atoms in total. The molecule has 102 valence electrons. The van der Waals surface area contributed by atoms with Crippen molar-refractivity contribution in [3.05, 3.63) is 58.4 Å². The molecule has 0 atom stereocenters. The first-order valence-corrected chi connectivity index (χ1v) is 6.45. The molecule has 0 bridgehead atoms. The van der Waals surface area contributed by atoms with Crippen LogP contribution >= 0.6 is 0 Å². The molecule has 0 N–H and O–H groups in total. The molecule has 2 heterocycles. The topological polar surface area (TPSA) is 59.3 Å². The average Bonchev–Trinajstić information content (AvgIpc) is 2.71. The van der Waals surface area contributed by atoms with Gasteiger partial charge in [0.1, 0.15) is 0 Å². The molecule has 5 heteroatoms. The average molecular weight is 269 g/mol. The Morgan fingerprint density at radius 1 is 1.25 bits per heavy atom. The van der Waals surface area contributed by atoms with E-state index in [1.807, 2.05) is 18.2 Å². The number of nitro benzene ring substituents is 1. The first kappa shape index (κ1) is 12.6. The predicted octanol–water partition coefficient (Wildman–Crippen LogP) is 3.42. The van der Waals surface area contributed by atoms with Crippen LogP contribution in [0, 0.1) is 10.1 Å². The molecule has 1 aliphatic rings. The molecule has 0 spiro atoms. The zero-order chi connectivity index (χ0) is 14.3. The van der Waals surface area contributed by atoms with Crippen LogP contribution in [0.15, 0.2) is 42.7 Å². The molecule has 2 aromatic rings. The van der Waals surface area contributed by atoms with Crippen LogP contribution in [-0.2, 0) is 5.41 Å². The summed E-state index contributed by atoms with van der Waals surface area (Å²) in [6, 6.07) is 8.99. The number of nitro groups is 1. The van der Waals surface area contributed by atoms with E-state index in [1.165, 1.54) is 0 Å². The lowest BCUT2D eigenvalue weighted by Crippen LogP contribution is -2.24. The summed E-state index contributed by atoms with van der Waals surface area (Å²) in [5.41, 5.74) is 3.13. The Balaban J connectivity index is 2.12. The van der Waals surface area contributed by atoms with Crippen LogP contribution in [0.3, 0.4) is 0 Å². The molecule has 0 radical (unpaired) electrons. The summed E-state index contributed by atoms with van der Waals surface area (Å²) in [4.78, 5) is 16.8. The Morgan fingerprint density at radius 2 is 1.95 bits per heavy atom. The maximum Gasteiger partial charge on any atom is 0.269 e. The maximum absolute atomic E-state index is 10.9. The molecule has 1 aliphatic heterocycles. The lowest BCUT2D eigenvalue weighted by atomic mass is 9.87. The van der Waals surface area contributed by atoms with Gasteiger partial charge in [-0.2, -0.15) is 0 Å². The number of anilines is 2. The fourth-order valence-electron chi connectivity index (χ4n) is 2.74. The molecule has 0 aliphatic carbocycles. The van der Waals surface area contributed by atoms with Crippen LogP contribution in [-0.4, -0.2) is 16.5 Å². The quantitative estimate of drug-likeness (QED) is 0.619. The van der Waals surface area contributed by atoms with Crippen LogP contribution in [0.2, 0.25) is 0 Å². The fourth-order valence-corrected chi connectivity index (χ4v) is 2.74. The van der Waals surface area contributed by atoms with Crippen molar-refractivity contribution in [2.45, 2.75) is 19.3 Å². The van der Waals surface area contributed by atoms with Crippen molar-refractivity contribution in [3.8, 4) is 0 Å². The highest BCUT2D eigenvalue weighted by Gasteiger charge is 2.36. The van der Waals surface area contributed by atoms with Gasteiger partial charge in [0.15, 0.2) is 0 Å². The molecule has 0 fully saturated rings. The number of aromatic nitrogens is 1. The summed E-state index contributed by atoms with van der Waals surface area (Å²) in [6.07, 6.45) is 3.51. The summed E-state index contributed by atoms with van der Waals surface area (Å²) < 4.78 is 0. The van der Waals surface area contributed by atoms with Gasteiger partial charge in [-0.05, 0) is 23.8 Å². The zero-order valence-corrected chi connectivity index (χ0v) is 11.4. The van der Waals surface area contributed by atoms with E-state index < -0.39 is 0 Å². The van der Waals surface area contributed by atoms with Crippen LogP contribution in [0.4, 0.5) is 17.1 Å². The molecule has 0 unspecified atom stereocenters. The highest BCUT2D eigenvalue weighted by Crippen LogP contribution is 2.45. The van der Waals surface area contributed by atoms with Gasteiger partial charge >= 0.3 is 0 Å². The zero-order valence-electron chi connectivity index (χ0n) is 11.4. The lowest BCUT2D eigenvalue weighted by Gasteiger charge is -2.22. The second-order valence-corrected chi connectivity index (χ2v) is 5.63. The number of nitrogens with zero attached hydrogens (tertiary/aromatic N) is 3. The van der Waals surface area contributed by atoms with Gasteiger partial charge in [0.05, 0.1) is 4.92 Å². The first-order valence-electron chi connectivity index (χ1n) is 6.45. The largest absolute Gasteiger partial charge is 0.340 e. The minimum atomic E-state index is -0.342. The monoisotopic (exact) mass is 269 g/mol. The number of fused-ring (bicyclic) bond motifs is 1. The van der Waals surface area contributed by atoms with Crippen LogP contribution in [0.25, 0.3) is 0 Å². The van der Waals surface area contributed by atoms with Crippen molar-refractivity contribution in [1.29, 1.82) is 0 Å². The van der Waals surface area contributed by atoms with Gasteiger partial charge in [0.25, 0.3) is 5.69 Å². The number of pyridine rings is 1. The Morgan fingerprint density at radius 3 is 2.60 bits per heavy atom. The molecule has 0 amide bonds. The van der Waals surface area contributed by atoms with E-state index in [2.05, 4.69) is 23.7 Å².